The van der Waals surface area contributed by atoms with E-state index in [1.54, 1.807) is 12.1 Å². The maximum atomic E-state index is 12.1. The van der Waals surface area contributed by atoms with Gasteiger partial charge in [0, 0.05) is 17.8 Å². The zero-order chi connectivity index (χ0) is 14.5. The van der Waals surface area contributed by atoms with Crippen LogP contribution in [0.15, 0.2) is 18.2 Å². The molecule has 1 fully saturated rings. The summed E-state index contributed by atoms with van der Waals surface area (Å²) in [5.41, 5.74) is 8.16. The van der Waals surface area contributed by atoms with Crippen LogP contribution in [0.2, 0.25) is 0 Å². The number of aryl methyl sites for hydroxylation is 1. The Morgan fingerprint density at radius 3 is 2.65 bits per heavy atom. The monoisotopic (exact) mass is 274 g/mol. The fraction of sp³-hybridized carbons (Fsp3) is 0.588. The van der Waals surface area contributed by atoms with Crippen LogP contribution in [0.3, 0.4) is 0 Å². The number of anilines is 1. The van der Waals surface area contributed by atoms with Crippen LogP contribution in [0, 0.1) is 18.8 Å². The molecule has 20 heavy (non-hydrogen) atoms. The van der Waals surface area contributed by atoms with Crippen molar-refractivity contribution < 1.29 is 4.79 Å². The van der Waals surface area contributed by atoms with Crippen molar-refractivity contribution in [1.29, 1.82) is 0 Å². The number of benzene rings is 1. The third-order valence-electron chi connectivity index (χ3n) is 4.51. The number of hydrogen-bond donors (Lipinski definition) is 2. The molecule has 0 saturated heterocycles. The summed E-state index contributed by atoms with van der Waals surface area (Å²) >= 11 is 0. The van der Waals surface area contributed by atoms with Crippen molar-refractivity contribution in [3.63, 3.8) is 0 Å². The SMILES string of the molecule is Cc1cc(C(=O)NCCC2CCC(C)CC2)ccc1N. The van der Waals surface area contributed by atoms with Gasteiger partial charge in [-0.3, -0.25) is 4.79 Å². The molecular formula is C17H26N2O. The van der Waals surface area contributed by atoms with Crippen molar-refractivity contribution in [2.24, 2.45) is 11.8 Å². The maximum Gasteiger partial charge on any atom is 0.251 e. The Kier molecular flexibility index (Phi) is 5.05. The highest BCUT2D eigenvalue weighted by Gasteiger charge is 2.18. The summed E-state index contributed by atoms with van der Waals surface area (Å²) in [6.45, 7) is 5.04. The minimum Gasteiger partial charge on any atom is -0.399 e. The number of nitrogens with two attached hydrogens (primary N) is 1. The van der Waals surface area contributed by atoms with Gasteiger partial charge in [-0.1, -0.05) is 32.6 Å². The van der Waals surface area contributed by atoms with Crippen LogP contribution in [-0.4, -0.2) is 12.5 Å². The number of nitrogen functional groups attached to an aromatic ring is 1. The van der Waals surface area contributed by atoms with Crippen molar-refractivity contribution >= 4 is 11.6 Å². The topological polar surface area (TPSA) is 55.1 Å². The summed E-state index contributed by atoms with van der Waals surface area (Å²) in [6.07, 6.45) is 6.42. The molecule has 1 aromatic carbocycles. The van der Waals surface area contributed by atoms with Crippen LogP contribution in [0.1, 0.15) is 54.9 Å². The second-order valence-corrected chi connectivity index (χ2v) is 6.24. The van der Waals surface area contributed by atoms with Crippen LogP contribution in [-0.2, 0) is 0 Å². The molecule has 0 spiro atoms. The highest BCUT2D eigenvalue weighted by Crippen LogP contribution is 2.29. The van der Waals surface area contributed by atoms with Gasteiger partial charge in [0.2, 0.25) is 0 Å². The molecule has 0 aromatic heterocycles. The molecule has 1 aliphatic rings. The highest BCUT2D eigenvalue weighted by molar-refractivity contribution is 5.94. The number of nitrogens with one attached hydrogen (secondary N) is 1. The molecular weight excluding hydrogens is 248 g/mol. The Morgan fingerprint density at radius 2 is 2.00 bits per heavy atom. The molecule has 3 heteroatoms. The molecule has 0 unspecified atom stereocenters. The van der Waals surface area contributed by atoms with Gasteiger partial charge in [-0.2, -0.15) is 0 Å². The van der Waals surface area contributed by atoms with E-state index in [2.05, 4.69) is 12.2 Å². The summed E-state index contributed by atoms with van der Waals surface area (Å²) in [6, 6.07) is 5.44. The molecule has 2 rings (SSSR count). The summed E-state index contributed by atoms with van der Waals surface area (Å²) in [5, 5.41) is 3.02. The second kappa shape index (κ2) is 6.78. The quantitative estimate of drug-likeness (QED) is 0.825. The smallest absolute Gasteiger partial charge is 0.251 e. The molecule has 110 valence electrons. The first kappa shape index (κ1) is 14.9. The lowest BCUT2D eigenvalue weighted by Gasteiger charge is -2.26. The van der Waals surface area contributed by atoms with Crippen molar-refractivity contribution in [2.45, 2.75) is 46.0 Å². The van der Waals surface area contributed by atoms with Crippen molar-refractivity contribution in [1.82, 2.24) is 5.32 Å². The largest absolute Gasteiger partial charge is 0.399 e. The summed E-state index contributed by atoms with van der Waals surface area (Å²) in [4.78, 5) is 12.1. The van der Waals surface area contributed by atoms with Gasteiger partial charge in [-0.15, -0.1) is 0 Å². The predicted molar refractivity (Wildman–Crippen MR) is 83.7 cm³/mol. The molecule has 0 aliphatic heterocycles. The molecule has 0 atom stereocenters. The predicted octanol–water partition coefficient (Wildman–Crippen LogP) is 3.52. The number of hydrogen-bond acceptors (Lipinski definition) is 2. The van der Waals surface area contributed by atoms with E-state index in [-0.39, 0.29) is 5.91 Å². The first-order valence-corrected chi connectivity index (χ1v) is 7.70. The van der Waals surface area contributed by atoms with Crippen LogP contribution in [0.5, 0.6) is 0 Å². The molecule has 1 aromatic rings. The van der Waals surface area contributed by atoms with Gasteiger partial charge in [-0.25, -0.2) is 0 Å². The number of carbonyl (C=O) groups excluding carboxylic acids is 1. The molecule has 0 heterocycles. The first-order chi connectivity index (χ1) is 9.56. The zero-order valence-corrected chi connectivity index (χ0v) is 12.6. The minimum absolute atomic E-state index is 0.0114. The lowest BCUT2D eigenvalue weighted by molar-refractivity contribution is 0.0949. The highest BCUT2D eigenvalue weighted by atomic mass is 16.1. The zero-order valence-electron chi connectivity index (χ0n) is 12.6. The Labute approximate surface area is 121 Å². The maximum absolute atomic E-state index is 12.1. The normalized spacial score (nSPS) is 22.5. The van der Waals surface area contributed by atoms with Crippen molar-refractivity contribution in [3.8, 4) is 0 Å². The average molecular weight is 274 g/mol. The Balaban J connectivity index is 1.76. The van der Waals surface area contributed by atoms with Gasteiger partial charge in [0.25, 0.3) is 5.91 Å². The molecule has 3 nitrogen and oxygen atoms in total. The van der Waals surface area contributed by atoms with Crippen LogP contribution in [0.25, 0.3) is 0 Å². The summed E-state index contributed by atoms with van der Waals surface area (Å²) < 4.78 is 0. The molecule has 1 aliphatic carbocycles. The molecule has 0 radical (unpaired) electrons. The summed E-state index contributed by atoms with van der Waals surface area (Å²) in [7, 11) is 0. The molecule has 1 saturated carbocycles. The third kappa shape index (κ3) is 3.99. The van der Waals surface area contributed by atoms with E-state index in [0.29, 0.717) is 5.56 Å². The lowest BCUT2D eigenvalue weighted by Crippen LogP contribution is -2.27. The molecule has 3 N–H and O–H groups in total. The van der Waals surface area contributed by atoms with E-state index in [1.807, 2.05) is 13.0 Å². The molecule has 0 bridgehead atoms. The Bertz CT molecular complexity index is 462. The average Bonchev–Trinajstić information content (AvgIpc) is 2.44. The van der Waals surface area contributed by atoms with Crippen LogP contribution < -0.4 is 11.1 Å². The number of amides is 1. The minimum atomic E-state index is 0.0114. The van der Waals surface area contributed by atoms with E-state index in [9.17, 15) is 4.79 Å². The van der Waals surface area contributed by atoms with Crippen LogP contribution in [0.4, 0.5) is 5.69 Å². The van der Waals surface area contributed by atoms with E-state index >= 15 is 0 Å². The van der Waals surface area contributed by atoms with Crippen molar-refractivity contribution in [3.05, 3.63) is 29.3 Å². The van der Waals surface area contributed by atoms with Gasteiger partial charge in [0.15, 0.2) is 0 Å². The van der Waals surface area contributed by atoms with E-state index < -0.39 is 0 Å². The van der Waals surface area contributed by atoms with E-state index in [1.165, 1.54) is 25.7 Å². The lowest BCUT2D eigenvalue weighted by atomic mass is 9.81. The Morgan fingerprint density at radius 1 is 1.30 bits per heavy atom. The van der Waals surface area contributed by atoms with Gasteiger partial charge >= 0.3 is 0 Å². The standard InChI is InChI=1S/C17H26N2O/c1-12-3-5-14(6-4-12)9-10-19-17(20)15-7-8-16(18)13(2)11-15/h7-8,11-12,14H,3-6,9-10,18H2,1-2H3,(H,19,20). The van der Waals surface area contributed by atoms with Gasteiger partial charge in [-0.05, 0) is 48.9 Å². The number of carbonyl (C=O) groups is 1. The second-order valence-electron chi connectivity index (χ2n) is 6.24. The first-order valence-electron chi connectivity index (χ1n) is 7.70. The molecule has 1 amide bonds. The summed E-state index contributed by atoms with van der Waals surface area (Å²) in [5.74, 6) is 1.69. The third-order valence-corrected chi connectivity index (χ3v) is 4.51. The fourth-order valence-electron chi connectivity index (χ4n) is 2.93. The van der Waals surface area contributed by atoms with E-state index in [0.717, 1.165) is 36.1 Å². The van der Waals surface area contributed by atoms with Gasteiger partial charge in [0.05, 0.1) is 0 Å². The Hall–Kier alpha value is -1.51. The fourth-order valence-corrected chi connectivity index (χ4v) is 2.93. The number of rotatable bonds is 4. The van der Waals surface area contributed by atoms with Gasteiger partial charge < -0.3 is 11.1 Å². The van der Waals surface area contributed by atoms with Crippen molar-refractivity contribution in [2.75, 3.05) is 12.3 Å². The van der Waals surface area contributed by atoms with Crippen LogP contribution >= 0.6 is 0 Å². The van der Waals surface area contributed by atoms with E-state index in [4.69, 9.17) is 5.73 Å². The van der Waals surface area contributed by atoms with Gasteiger partial charge in [0.1, 0.15) is 0 Å².